The van der Waals surface area contributed by atoms with Gasteiger partial charge in [0.05, 0.1) is 30.8 Å². The number of benzene rings is 1. The molecule has 2 fully saturated rings. The Labute approximate surface area is 148 Å². The van der Waals surface area contributed by atoms with E-state index < -0.39 is 22.7 Å². The first kappa shape index (κ1) is 15.7. The summed E-state index contributed by atoms with van der Waals surface area (Å²) in [6.07, 6.45) is -0.243. The molecule has 24 heavy (non-hydrogen) atoms. The number of nitrogens with one attached hydrogen (secondary N) is 1. The van der Waals surface area contributed by atoms with Crippen LogP contribution in [0, 0.1) is 33.5 Å². The maximum atomic E-state index is 10.1. The molecule has 4 rings (SSSR count). The summed E-state index contributed by atoms with van der Waals surface area (Å²) < 4.78 is 11.7. The Morgan fingerprint density at radius 2 is 1.96 bits per heavy atom. The van der Waals surface area contributed by atoms with E-state index in [1.807, 2.05) is 6.92 Å². The van der Waals surface area contributed by atoms with Crippen molar-refractivity contribution in [1.82, 2.24) is 0 Å². The van der Waals surface area contributed by atoms with Gasteiger partial charge in [0.1, 0.15) is 0 Å². The van der Waals surface area contributed by atoms with Gasteiger partial charge in [0.15, 0.2) is 10.8 Å². The van der Waals surface area contributed by atoms with Crippen molar-refractivity contribution in [3.05, 3.63) is 33.8 Å². The zero-order chi connectivity index (χ0) is 17.3. The Bertz CT molecular complexity index is 856. The summed E-state index contributed by atoms with van der Waals surface area (Å²) in [5, 5.41) is 20.7. The molecule has 122 valence electrons. The summed E-state index contributed by atoms with van der Waals surface area (Å²) in [6.45, 7) is 2.11. The normalized spacial score (nSPS) is 42.3. The lowest BCUT2D eigenvalue weighted by atomic mass is 9.94. The predicted octanol–water partition coefficient (Wildman–Crippen LogP) is 0.651. The third-order valence-corrected chi connectivity index (χ3v) is 5.84. The lowest BCUT2D eigenvalue weighted by Crippen LogP contribution is -2.90. The summed E-state index contributed by atoms with van der Waals surface area (Å²) in [5.41, 5.74) is 3.97. The monoisotopic (exact) mass is 363 g/mol. The number of fused-ring (bicyclic) bond motifs is 2. The Morgan fingerprint density at radius 1 is 1.29 bits per heavy atom. The molecule has 1 aliphatic carbocycles. The van der Waals surface area contributed by atoms with Gasteiger partial charge in [0.25, 0.3) is 5.84 Å². The molecule has 0 unspecified atom stereocenters. The van der Waals surface area contributed by atoms with Crippen molar-refractivity contribution in [3.63, 3.8) is 0 Å². The third-order valence-electron chi connectivity index (χ3n) is 5.18. The molecular weight excluding hydrogens is 351 g/mol. The van der Waals surface area contributed by atoms with E-state index in [0.29, 0.717) is 15.6 Å². The SMILES string of the molecule is C[C@H]1CO[C@]2([NH+]=C(N)[C@@]3(C#N)[C@@H](c4c(Cl)cccc4Cl)[C@@]23C#N)O1. The van der Waals surface area contributed by atoms with E-state index in [0.717, 1.165) is 0 Å². The van der Waals surface area contributed by atoms with E-state index in [-0.39, 0.29) is 18.5 Å². The Balaban J connectivity index is 1.98. The molecule has 3 aliphatic rings. The van der Waals surface area contributed by atoms with Crippen LogP contribution in [0.4, 0.5) is 0 Å². The molecule has 2 aliphatic heterocycles. The molecule has 2 heterocycles. The molecule has 0 radical (unpaired) electrons. The van der Waals surface area contributed by atoms with Crippen LogP contribution in [0.2, 0.25) is 10.0 Å². The molecule has 3 N–H and O–H groups in total. The Kier molecular flexibility index (Phi) is 3.02. The van der Waals surface area contributed by atoms with Gasteiger partial charge in [-0.2, -0.15) is 10.5 Å². The fourth-order valence-corrected chi connectivity index (χ4v) is 4.80. The van der Waals surface area contributed by atoms with E-state index in [1.54, 1.807) is 18.2 Å². The van der Waals surface area contributed by atoms with Crippen LogP contribution in [0.15, 0.2) is 18.2 Å². The highest BCUT2D eigenvalue weighted by molar-refractivity contribution is 6.36. The van der Waals surface area contributed by atoms with Crippen molar-refractivity contribution in [3.8, 4) is 12.1 Å². The molecule has 1 aromatic carbocycles. The van der Waals surface area contributed by atoms with Gasteiger partial charge >= 0.3 is 5.91 Å². The van der Waals surface area contributed by atoms with Crippen LogP contribution in [-0.2, 0) is 9.47 Å². The van der Waals surface area contributed by atoms with Crippen LogP contribution >= 0.6 is 23.2 Å². The van der Waals surface area contributed by atoms with Gasteiger partial charge in [0.2, 0.25) is 0 Å². The van der Waals surface area contributed by atoms with Gasteiger partial charge in [-0.3, -0.25) is 5.73 Å². The minimum Gasteiger partial charge on any atom is -0.311 e. The van der Waals surface area contributed by atoms with Crippen molar-refractivity contribution < 1.29 is 14.5 Å². The average Bonchev–Trinajstić information content (AvgIpc) is 2.89. The predicted molar refractivity (Wildman–Crippen MR) is 84.7 cm³/mol. The van der Waals surface area contributed by atoms with Gasteiger partial charge in [-0.05, 0) is 24.6 Å². The number of nitrogens with zero attached hydrogens (tertiary/aromatic N) is 2. The first-order chi connectivity index (χ1) is 11.4. The standard InChI is InChI=1S/C16H12Cl2N4O2/c1-8-5-23-16(24-8)15(7-20)12(14(15,6-19)13(21)22-16)11-9(17)3-2-4-10(11)18/h2-4,8,12H,5H2,1H3,(H2,21,22)/p+1/t8-,12+,14+,15+,16-/m0/s1. The van der Waals surface area contributed by atoms with Crippen molar-refractivity contribution >= 4 is 29.0 Å². The van der Waals surface area contributed by atoms with Crippen LogP contribution < -0.4 is 10.7 Å². The maximum Gasteiger partial charge on any atom is 0.343 e. The van der Waals surface area contributed by atoms with Crippen LogP contribution in [0.1, 0.15) is 18.4 Å². The Hall–Kier alpha value is -1.83. The minimum absolute atomic E-state index is 0.140. The summed E-state index contributed by atoms with van der Waals surface area (Å²) >= 11 is 12.7. The smallest absolute Gasteiger partial charge is 0.311 e. The summed E-state index contributed by atoms with van der Waals surface area (Å²) in [4.78, 5) is 2.90. The molecule has 6 nitrogen and oxygen atoms in total. The molecule has 5 atom stereocenters. The fraction of sp³-hybridized carbons (Fsp3) is 0.438. The van der Waals surface area contributed by atoms with Gasteiger partial charge < -0.3 is 9.47 Å². The van der Waals surface area contributed by atoms with Gasteiger partial charge in [-0.25, -0.2) is 4.99 Å². The molecule has 0 amide bonds. The average molecular weight is 364 g/mol. The van der Waals surface area contributed by atoms with E-state index in [4.69, 9.17) is 38.4 Å². The van der Waals surface area contributed by atoms with Crippen LogP contribution in [-0.4, -0.2) is 24.5 Å². The number of amidine groups is 1. The molecule has 8 heteroatoms. The molecule has 1 spiro atoms. The van der Waals surface area contributed by atoms with Crippen LogP contribution in [0.5, 0.6) is 0 Å². The highest BCUT2D eigenvalue weighted by Crippen LogP contribution is 2.80. The number of hydrogen-bond acceptors (Lipinski definition) is 5. The Morgan fingerprint density at radius 3 is 2.46 bits per heavy atom. The molecule has 0 aromatic heterocycles. The van der Waals surface area contributed by atoms with E-state index >= 15 is 0 Å². The second kappa shape index (κ2) is 4.62. The highest BCUT2D eigenvalue weighted by atomic mass is 35.5. The topological polar surface area (TPSA) is 106 Å². The van der Waals surface area contributed by atoms with Gasteiger partial charge in [-0.1, -0.05) is 29.3 Å². The zero-order valence-corrected chi connectivity index (χ0v) is 14.1. The van der Waals surface area contributed by atoms with Crippen LogP contribution in [0.3, 0.4) is 0 Å². The summed E-state index contributed by atoms with van der Waals surface area (Å²) in [7, 11) is 0. The van der Waals surface area contributed by atoms with Crippen molar-refractivity contribution in [2.45, 2.75) is 24.9 Å². The fourth-order valence-electron chi connectivity index (χ4n) is 4.18. The van der Waals surface area contributed by atoms with E-state index in [9.17, 15) is 10.5 Å². The molecule has 0 bridgehead atoms. The highest BCUT2D eigenvalue weighted by Gasteiger charge is 2.98. The molecule has 1 saturated carbocycles. The molecule has 1 saturated heterocycles. The zero-order valence-electron chi connectivity index (χ0n) is 12.6. The van der Waals surface area contributed by atoms with E-state index in [2.05, 4.69) is 17.1 Å². The molecular formula is C16H13Cl2N4O2+. The number of halogens is 2. The largest absolute Gasteiger partial charge is 0.343 e. The summed E-state index contributed by atoms with van der Waals surface area (Å²) in [5.74, 6) is -1.98. The number of nitriles is 2. The van der Waals surface area contributed by atoms with Crippen molar-refractivity contribution in [2.24, 2.45) is 16.6 Å². The van der Waals surface area contributed by atoms with Crippen LogP contribution in [0.25, 0.3) is 0 Å². The number of rotatable bonds is 1. The van der Waals surface area contributed by atoms with Crippen molar-refractivity contribution in [1.29, 1.82) is 10.5 Å². The number of hydrogen-bond donors (Lipinski definition) is 2. The lowest BCUT2D eigenvalue weighted by Gasteiger charge is -2.24. The van der Waals surface area contributed by atoms with E-state index in [1.165, 1.54) is 0 Å². The number of nitrogens with two attached hydrogens (primary N) is 1. The maximum absolute atomic E-state index is 10.1. The number of ether oxygens (including phenoxy) is 2. The molecule has 1 aromatic rings. The first-order valence-corrected chi connectivity index (χ1v) is 8.15. The first-order valence-electron chi connectivity index (χ1n) is 7.39. The summed E-state index contributed by atoms with van der Waals surface area (Å²) in [6, 6.07) is 9.48. The lowest BCUT2D eigenvalue weighted by molar-refractivity contribution is -0.677. The van der Waals surface area contributed by atoms with Crippen molar-refractivity contribution in [2.75, 3.05) is 6.61 Å². The van der Waals surface area contributed by atoms with Gasteiger partial charge in [0, 0.05) is 10.0 Å². The third kappa shape index (κ3) is 1.42. The minimum atomic E-state index is -1.48. The quantitative estimate of drug-likeness (QED) is 0.761. The second-order valence-corrected chi connectivity index (χ2v) is 7.12. The van der Waals surface area contributed by atoms with Gasteiger partial charge in [-0.15, -0.1) is 0 Å². The second-order valence-electron chi connectivity index (χ2n) is 6.30.